The molecular weight excluding hydrogens is 757 g/mol. The number of ether oxygens (including phenoxy) is 1. The summed E-state index contributed by atoms with van der Waals surface area (Å²) < 4.78 is 78.5. The molecule has 1 saturated carbocycles. The molecule has 2 heterocycles. The number of methoxy groups -OCH3 is 1. The first-order valence-corrected chi connectivity index (χ1v) is 16.2. The number of alkyl halides is 2. The van der Waals surface area contributed by atoms with Crippen molar-refractivity contribution in [1.29, 1.82) is 0 Å². The summed E-state index contributed by atoms with van der Waals surface area (Å²) in [5.41, 5.74) is -1.55. The number of imide groups is 2. The Balaban J connectivity index is 1.45. The number of amides is 4. The summed E-state index contributed by atoms with van der Waals surface area (Å²) >= 11 is 26.5. The van der Waals surface area contributed by atoms with Gasteiger partial charge in [0.1, 0.15) is 5.69 Å². The van der Waals surface area contributed by atoms with Crippen LogP contribution in [-0.2, 0) is 19.2 Å². The average Bonchev–Trinajstić information content (AvgIpc) is 3.42. The molecule has 2 aliphatic heterocycles. The molecule has 17 heteroatoms. The van der Waals surface area contributed by atoms with Crippen LogP contribution in [0.2, 0.25) is 10.0 Å². The number of hydrogen-bond donors (Lipinski definition) is 1. The van der Waals surface area contributed by atoms with Gasteiger partial charge in [-0.2, -0.15) is 0 Å². The fraction of sp³-hybridized carbons (Fsp3) is 0.273. The number of anilines is 2. The van der Waals surface area contributed by atoms with Crippen LogP contribution in [0.1, 0.15) is 24.3 Å². The molecule has 1 N–H and O–H groups in total. The number of allylic oxidation sites excluding steroid dienone is 2. The van der Waals surface area contributed by atoms with Crippen molar-refractivity contribution < 1.29 is 51.0 Å². The van der Waals surface area contributed by atoms with Crippen molar-refractivity contribution in [2.24, 2.45) is 17.8 Å². The fourth-order valence-electron chi connectivity index (χ4n) is 7.70. The van der Waals surface area contributed by atoms with Gasteiger partial charge >= 0.3 is 0 Å². The van der Waals surface area contributed by atoms with E-state index in [1.165, 1.54) is 43.5 Å². The van der Waals surface area contributed by atoms with Crippen LogP contribution in [0.5, 0.6) is 11.5 Å². The molecule has 3 aromatic rings. The smallest absolute Gasteiger partial charge is 0.258 e. The number of phenols is 1. The molecule has 3 fully saturated rings. The minimum atomic E-state index is -2.77. The highest BCUT2D eigenvalue weighted by molar-refractivity contribution is 6.58. The van der Waals surface area contributed by atoms with Gasteiger partial charge in [-0.1, -0.05) is 34.9 Å². The number of fused-ring (bicyclic) bond motifs is 4. The number of halogens is 9. The van der Waals surface area contributed by atoms with Crippen molar-refractivity contribution in [2.45, 2.75) is 28.5 Å². The summed E-state index contributed by atoms with van der Waals surface area (Å²) in [4.78, 5) is 51.7. The number of carbonyl (C=O) groups is 4. The van der Waals surface area contributed by atoms with Gasteiger partial charge in [0.15, 0.2) is 44.5 Å². The molecule has 260 valence electrons. The zero-order valence-corrected chi connectivity index (χ0v) is 28.1. The summed E-state index contributed by atoms with van der Waals surface area (Å²) in [7, 11) is 1.18. The van der Waals surface area contributed by atoms with Crippen molar-refractivity contribution in [3.8, 4) is 11.5 Å². The Bertz CT molecular complexity index is 2090. The monoisotopic (exact) mass is 774 g/mol. The maximum Gasteiger partial charge on any atom is 0.258 e. The van der Waals surface area contributed by atoms with Crippen LogP contribution >= 0.6 is 46.4 Å². The highest BCUT2D eigenvalue weighted by Gasteiger charge is 2.77. The number of phenolic OH excluding ortho intramolecular Hbond substituents is 1. The van der Waals surface area contributed by atoms with Crippen molar-refractivity contribution in [2.75, 3.05) is 16.9 Å². The summed E-state index contributed by atoms with van der Waals surface area (Å²) in [6.07, 6.45) is 0.768. The highest BCUT2D eigenvalue weighted by atomic mass is 35.5. The van der Waals surface area contributed by atoms with E-state index in [0.29, 0.717) is 5.02 Å². The van der Waals surface area contributed by atoms with Gasteiger partial charge in [-0.25, -0.2) is 26.9 Å². The molecule has 50 heavy (non-hydrogen) atoms. The van der Waals surface area contributed by atoms with E-state index in [4.69, 9.17) is 51.1 Å². The number of aromatic hydroxyl groups is 1. The Hall–Kier alpha value is -3.91. The summed E-state index contributed by atoms with van der Waals surface area (Å²) in [6, 6.07) is 8.19. The van der Waals surface area contributed by atoms with Crippen molar-refractivity contribution >= 4 is 81.4 Å². The molecule has 2 aliphatic carbocycles. The third-order valence-corrected chi connectivity index (χ3v) is 11.9. The predicted molar refractivity (Wildman–Crippen MR) is 170 cm³/mol. The molecule has 7 rings (SSSR count). The van der Waals surface area contributed by atoms with Gasteiger partial charge in [0.05, 0.1) is 29.7 Å². The van der Waals surface area contributed by atoms with E-state index in [0.717, 1.165) is 11.0 Å². The Morgan fingerprint density at radius 3 is 2.02 bits per heavy atom. The number of carbonyl (C=O) groups excluding carboxylic acids is 4. The lowest BCUT2D eigenvalue weighted by molar-refractivity contribution is -0.125. The topological polar surface area (TPSA) is 104 Å². The van der Waals surface area contributed by atoms with Gasteiger partial charge in [0, 0.05) is 10.9 Å². The van der Waals surface area contributed by atoms with E-state index in [1.807, 2.05) is 0 Å². The maximum atomic E-state index is 15.2. The van der Waals surface area contributed by atoms with Crippen molar-refractivity contribution in [1.82, 2.24) is 0 Å². The zero-order valence-electron chi connectivity index (χ0n) is 25.0. The Morgan fingerprint density at radius 1 is 0.820 bits per heavy atom. The quantitative estimate of drug-likeness (QED) is 0.0753. The predicted octanol–water partition coefficient (Wildman–Crippen LogP) is 7.17. The molecule has 0 unspecified atom stereocenters. The molecular formula is C33H19Cl4F5N2O6. The largest absolute Gasteiger partial charge is 0.503 e. The van der Waals surface area contributed by atoms with Gasteiger partial charge in [0.2, 0.25) is 17.6 Å². The first-order chi connectivity index (χ1) is 23.5. The normalized spacial score (nSPS) is 28.9. The number of nitrogens with zero attached hydrogens (tertiary/aromatic N) is 2. The van der Waals surface area contributed by atoms with Crippen LogP contribution < -0.4 is 14.5 Å². The first kappa shape index (κ1) is 34.5. The molecule has 0 aromatic heterocycles. The van der Waals surface area contributed by atoms with E-state index in [9.17, 15) is 37.5 Å². The van der Waals surface area contributed by atoms with Crippen molar-refractivity contribution in [3.05, 3.63) is 92.7 Å². The van der Waals surface area contributed by atoms with Crippen LogP contribution in [-0.4, -0.2) is 45.6 Å². The fourth-order valence-corrected chi connectivity index (χ4v) is 8.98. The van der Waals surface area contributed by atoms with E-state index >= 15 is 8.78 Å². The lowest BCUT2D eigenvalue weighted by Gasteiger charge is -2.50. The minimum Gasteiger partial charge on any atom is -0.503 e. The molecule has 0 radical (unpaired) electrons. The third kappa shape index (κ3) is 4.36. The van der Waals surface area contributed by atoms with Crippen molar-refractivity contribution in [3.63, 3.8) is 0 Å². The van der Waals surface area contributed by atoms with Crippen LogP contribution in [0.25, 0.3) is 0 Å². The minimum absolute atomic E-state index is 0.0363. The van der Waals surface area contributed by atoms with Gasteiger partial charge in [-0.15, -0.1) is 23.2 Å². The summed E-state index contributed by atoms with van der Waals surface area (Å²) in [5, 5.41) is 10.5. The van der Waals surface area contributed by atoms with Crippen LogP contribution in [0.4, 0.5) is 33.3 Å². The Morgan fingerprint density at radius 2 is 1.42 bits per heavy atom. The van der Waals surface area contributed by atoms with Crippen LogP contribution in [0.15, 0.2) is 48.0 Å². The van der Waals surface area contributed by atoms with Crippen LogP contribution in [0.3, 0.4) is 0 Å². The van der Waals surface area contributed by atoms with E-state index in [1.54, 1.807) is 0 Å². The van der Waals surface area contributed by atoms with E-state index < -0.39 is 104 Å². The summed E-state index contributed by atoms with van der Waals surface area (Å²) in [6.45, 7) is 0. The molecule has 0 spiro atoms. The second kappa shape index (κ2) is 11.6. The Labute approximate surface area is 298 Å². The molecule has 0 bridgehead atoms. The summed E-state index contributed by atoms with van der Waals surface area (Å²) in [5.74, 6) is -22.7. The van der Waals surface area contributed by atoms with E-state index in [-0.39, 0.29) is 38.9 Å². The lowest BCUT2D eigenvalue weighted by atomic mass is 9.56. The van der Waals surface area contributed by atoms with E-state index in [2.05, 4.69) is 0 Å². The molecule has 4 aliphatic rings. The first-order valence-electron chi connectivity index (χ1n) is 14.7. The molecule has 6 atom stereocenters. The standard InChI is InChI=1S/C33H19Cl4F5N2O6/c1-50-18-9-11(8-17(35)27(18)45)20-14-6-7-15-19(29(47)43(28(15)46)13-4-2-12(34)3-5-13)16(14)10-32(36)30(48)44(31(49)33(20,32)37)26-24(41)22(39)21(38)23(40)25(26)42/h2-6,8-9,15-16,19-20,45H,7,10H2,1H3/t15-,16+,19-,20-,32+,33-/m0/s1. The second-order valence-corrected chi connectivity index (χ2v) is 14.3. The van der Waals surface area contributed by atoms with Gasteiger partial charge in [-0.05, 0) is 60.7 Å². The third-order valence-electron chi connectivity index (χ3n) is 9.91. The second-order valence-electron chi connectivity index (χ2n) is 12.2. The van der Waals surface area contributed by atoms with Gasteiger partial charge < -0.3 is 9.84 Å². The highest BCUT2D eigenvalue weighted by Crippen LogP contribution is 2.66. The number of rotatable bonds is 4. The molecule has 3 aromatic carbocycles. The molecule has 4 amide bonds. The number of hydrogen-bond acceptors (Lipinski definition) is 6. The number of benzene rings is 3. The maximum absolute atomic E-state index is 15.2. The van der Waals surface area contributed by atoms with Gasteiger partial charge in [-0.3, -0.25) is 24.1 Å². The molecule has 2 saturated heterocycles. The SMILES string of the molecule is COc1cc([C@H]2C3=CC[C@@H]4C(=O)N(c5ccc(Cl)cc5)C(=O)[C@@H]4[C@@H]3C[C@@]3(Cl)C(=O)N(c4c(F)c(F)c(F)c(F)c4F)C(=O)[C@@]23Cl)cc(Cl)c1O. The average molecular weight is 776 g/mol. The zero-order chi connectivity index (χ0) is 36.4. The van der Waals surface area contributed by atoms with Gasteiger partial charge in [0.25, 0.3) is 11.8 Å². The Kier molecular flexibility index (Phi) is 7.98. The lowest BCUT2D eigenvalue weighted by Crippen LogP contribution is -2.60. The molecule has 8 nitrogen and oxygen atoms in total. The van der Waals surface area contributed by atoms with Crippen LogP contribution in [0, 0.1) is 46.8 Å².